The molecule has 1 aliphatic heterocycles. The quantitative estimate of drug-likeness (QED) is 0.333. The summed E-state index contributed by atoms with van der Waals surface area (Å²) in [6, 6.07) is 9.92. The molecule has 4 rings (SSSR count). The number of amides is 1. The van der Waals surface area contributed by atoms with Crippen molar-refractivity contribution in [2.75, 3.05) is 43.6 Å². The third kappa shape index (κ3) is 6.07. The summed E-state index contributed by atoms with van der Waals surface area (Å²) in [7, 11) is -3.45. The largest absolute Gasteiger partial charge is 0.398 e. The van der Waals surface area contributed by atoms with Crippen LogP contribution in [0.1, 0.15) is 11.1 Å². The van der Waals surface area contributed by atoms with E-state index < -0.39 is 15.7 Å². The molecule has 10 nitrogen and oxygen atoms in total. The topological polar surface area (TPSA) is 151 Å². The monoisotopic (exact) mass is 494 g/mol. The van der Waals surface area contributed by atoms with Gasteiger partial charge in [-0.3, -0.25) is 20.1 Å². The van der Waals surface area contributed by atoms with Crippen molar-refractivity contribution in [3.8, 4) is 11.1 Å². The number of pyridine rings is 2. The van der Waals surface area contributed by atoms with E-state index in [1.807, 2.05) is 18.3 Å². The van der Waals surface area contributed by atoms with Gasteiger partial charge in [0, 0.05) is 55.1 Å². The highest BCUT2D eigenvalue weighted by atomic mass is 32.2. The number of nitrogens with zero attached hydrogens (tertiary/aromatic N) is 3. The van der Waals surface area contributed by atoms with Crippen molar-refractivity contribution in [1.82, 2.24) is 14.9 Å². The number of ether oxygens (including phenoxy) is 1. The maximum absolute atomic E-state index is 12.7. The van der Waals surface area contributed by atoms with Gasteiger partial charge in [-0.05, 0) is 41.5 Å². The van der Waals surface area contributed by atoms with E-state index >= 15 is 0 Å². The Bertz CT molecular complexity index is 1350. The number of hydrogen-bond donors (Lipinski definition) is 3. The van der Waals surface area contributed by atoms with E-state index in [2.05, 4.69) is 20.2 Å². The minimum absolute atomic E-state index is 0.105. The summed E-state index contributed by atoms with van der Waals surface area (Å²) in [4.78, 5) is 23.2. The summed E-state index contributed by atoms with van der Waals surface area (Å²) in [5.41, 5.74) is 9.28. The normalized spacial score (nSPS) is 14.4. The molecule has 0 atom stereocenters. The molecule has 0 bridgehead atoms. The van der Waals surface area contributed by atoms with Crippen LogP contribution in [0.15, 0.2) is 60.0 Å². The fourth-order valence-corrected chi connectivity index (χ4v) is 4.25. The third-order valence-corrected chi connectivity index (χ3v) is 6.56. The van der Waals surface area contributed by atoms with E-state index in [-0.39, 0.29) is 27.7 Å². The molecule has 11 heteroatoms. The zero-order valence-electron chi connectivity index (χ0n) is 19.2. The summed E-state index contributed by atoms with van der Waals surface area (Å²) < 4.78 is 28.5. The number of rotatable bonds is 7. The first-order valence-electron chi connectivity index (χ1n) is 10.9. The average Bonchev–Trinajstić information content (AvgIpc) is 2.84. The number of carbonyl (C=O) groups is 1. The van der Waals surface area contributed by atoms with Crippen LogP contribution in [0.25, 0.3) is 11.1 Å². The van der Waals surface area contributed by atoms with E-state index in [9.17, 15) is 13.2 Å². The first-order valence-corrected chi connectivity index (χ1v) is 12.8. The van der Waals surface area contributed by atoms with Crippen LogP contribution in [0, 0.1) is 5.41 Å². The Labute approximate surface area is 203 Å². The lowest BCUT2D eigenvalue weighted by atomic mass is 9.99. The van der Waals surface area contributed by atoms with Crippen LogP contribution in [0.4, 0.5) is 11.4 Å². The fraction of sp³-hybridized carbons (Fsp3) is 0.250. The van der Waals surface area contributed by atoms with Gasteiger partial charge in [-0.25, -0.2) is 13.4 Å². The van der Waals surface area contributed by atoms with Crippen molar-refractivity contribution < 1.29 is 17.9 Å². The molecule has 1 aliphatic rings. The second kappa shape index (κ2) is 10.3. The van der Waals surface area contributed by atoms with Gasteiger partial charge in [0.1, 0.15) is 5.71 Å². The first-order chi connectivity index (χ1) is 16.7. The molecule has 4 N–H and O–H groups in total. The minimum atomic E-state index is -3.45. The number of sulfone groups is 1. The standard InChI is InChI=1S/C24H26N6O4S/c1-35(32,33)22-5-3-19(14-28-22)29-24(31)23(26)20-11-17(2-4-21(20)25)18-10-16(12-27-13-18)15-30-6-8-34-9-7-30/h2-5,10-14,26H,6-9,15,25H2,1H3,(H,29,31). The molecule has 1 fully saturated rings. The third-order valence-electron chi connectivity index (χ3n) is 5.56. The molecular formula is C24H26N6O4S. The molecule has 0 saturated carbocycles. The van der Waals surface area contributed by atoms with Gasteiger partial charge in [0.05, 0.1) is 25.1 Å². The van der Waals surface area contributed by atoms with Crippen LogP contribution in [0.3, 0.4) is 0 Å². The molecular weight excluding hydrogens is 468 g/mol. The molecule has 1 amide bonds. The number of morpholine rings is 1. The van der Waals surface area contributed by atoms with E-state index in [0.29, 0.717) is 0 Å². The SMILES string of the molecule is CS(=O)(=O)c1ccc(NC(=O)C(=N)c2cc(-c3cncc(CN4CCOCC4)c3)ccc2N)cn1. The number of nitrogens with one attached hydrogen (secondary N) is 2. The predicted octanol–water partition coefficient (Wildman–Crippen LogP) is 1.97. The van der Waals surface area contributed by atoms with Crippen molar-refractivity contribution in [2.24, 2.45) is 0 Å². The molecule has 1 saturated heterocycles. The smallest absolute Gasteiger partial charge is 0.274 e. The average molecular weight is 495 g/mol. The molecule has 0 spiro atoms. The van der Waals surface area contributed by atoms with Crippen LogP contribution in [-0.2, 0) is 25.9 Å². The highest BCUT2D eigenvalue weighted by Crippen LogP contribution is 2.25. The van der Waals surface area contributed by atoms with Gasteiger partial charge < -0.3 is 15.8 Å². The number of carbonyl (C=O) groups excluding carboxylic acids is 1. The van der Waals surface area contributed by atoms with E-state index in [4.69, 9.17) is 15.9 Å². The second-order valence-electron chi connectivity index (χ2n) is 8.26. The number of aromatic nitrogens is 2. The number of nitrogens with two attached hydrogens (primary N) is 1. The van der Waals surface area contributed by atoms with Crippen molar-refractivity contribution in [1.29, 1.82) is 5.41 Å². The molecule has 2 aromatic heterocycles. The van der Waals surface area contributed by atoms with E-state index in [1.54, 1.807) is 18.3 Å². The Balaban J connectivity index is 1.51. The predicted molar refractivity (Wildman–Crippen MR) is 133 cm³/mol. The second-order valence-corrected chi connectivity index (χ2v) is 10.2. The van der Waals surface area contributed by atoms with Gasteiger partial charge >= 0.3 is 0 Å². The van der Waals surface area contributed by atoms with Crippen molar-refractivity contribution in [2.45, 2.75) is 11.6 Å². The van der Waals surface area contributed by atoms with Gasteiger partial charge in [0.2, 0.25) is 0 Å². The molecule has 35 heavy (non-hydrogen) atoms. The van der Waals surface area contributed by atoms with Gasteiger partial charge in [0.25, 0.3) is 5.91 Å². The van der Waals surface area contributed by atoms with Crippen LogP contribution >= 0.6 is 0 Å². The molecule has 3 aromatic rings. The molecule has 0 aliphatic carbocycles. The Morgan fingerprint density at radius 1 is 1.11 bits per heavy atom. The Morgan fingerprint density at radius 3 is 2.57 bits per heavy atom. The maximum atomic E-state index is 12.7. The number of hydrogen-bond acceptors (Lipinski definition) is 9. The summed E-state index contributed by atoms with van der Waals surface area (Å²) in [6.07, 6.45) is 5.84. The van der Waals surface area contributed by atoms with Gasteiger partial charge in [-0.1, -0.05) is 6.07 Å². The molecule has 1 aromatic carbocycles. The lowest BCUT2D eigenvalue weighted by Gasteiger charge is -2.26. The van der Waals surface area contributed by atoms with Crippen molar-refractivity contribution in [3.05, 3.63) is 66.1 Å². The van der Waals surface area contributed by atoms with Crippen molar-refractivity contribution in [3.63, 3.8) is 0 Å². The van der Waals surface area contributed by atoms with Gasteiger partial charge in [-0.2, -0.15) is 0 Å². The Morgan fingerprint density at radius 2 is 1.89 bits per heavy atom. The van der Waals surface area contributed by atoms with E-state index in [1.165, 1.54) is 18.3 Å². The highest BCUT2D eigenvalue weighted by molar-refractivity contribution is 7.90. The lowest BCUT2D eigenvalue weighted by Crippen LogP contribution is -2.35. The maximum Gasteiger partial charge on any atom is 0.274 e. The fourth-order valence-electron chi connectivity index (χ4n) is 3.69. The van der Waals surface area contributed by atoms with Crippen LogP contribution in [0.2, 0.25) is 0 Å². The molecule has 182 valence electrons. The zero-order valence-corrected chi connectivity index (χ0v) is 20.0. The van der Waals surface area contributed by atoms with Crippen LogP contribution < -0.4 is 11.1 Å². The molecule has 3 heterocycles. The van der Waals surface area contributed by atoms with Crippen LogP contribution in [0.5, 0.6) is 0 Å². The summed E-state index contributed by atoms with van der Waals surface area (Å²) >= 11 is 0. The number of nitrogen functional groups attached to an aromatic ring is 1. The van der Waals surface area contributed by atoms with Gasteiger partial charge in [-0.15, -0.1) is 0 Å². The summed E-state index contributed by atoms with van der Waals surface area (Å²) in [5, 5.41) is 10.8. The number of anilines is 2. The first kappa shape index (κ1) is 24.5. The lowest BCUT2D eigenvalue weighted by molar-refractivity contribution is -0.110. The van der Waals surface area contributed by atoms with Crippen molar-refractivity contribution >= 4 is 32.8 Å². The minimum Gasteiger partial charge on any atom is -0.398 e. The number of benzene rings is 1. The highest BCUT2D eigenvalue weighted by Gasteiger charge is 2.18. The molecule has 0 radical (unpaired) electrons. The van der Waals surface area contributed by atoms with E-state index in [0.717, 1.165) is 55.8 Å². The summed E-state index contributed by atoms with van der Waals surface area (Å²) in [5.74, 6) is -0.693. The Hall–Kier alpha value is -3.67. The zero-order chi connectivity index (χ0) is 25.0. The molecule has 0 unspecified atom stereocenters. The van der Waals surface area contributed by atoms with Crippen LogP contribution in [-0.4, -0.2) is 67.5 Å². The van der Waals surface area contributed by atoms with Gasteiger partial charge in [0.15, 0.2) is 14.9 Å². The Kier molecular flexibility index (Phi) is 7.20. The summed E-state index contributed by atoms with van der Waals surface area (Å²) in [6.45, 7) is 3.94.